The second-order valence-electron chi connectivity index (χ2n) is 12.4. The Bertz CT molecular complexity index is 1480. The summed E-state index contributed by atoms with van der Waals surface area (Å²) in [6.07, 6.45) is 8.03. The highest BCUT2D eigenvalue weighted by molar-refractivity contribution is 6.08. The van der Waals surface area contributed by atoms with E-state index < -0.39 is 0 Å². The Morgan fingerprint density at radius 3 is 2.21 bits per heavy atom. The number of rotatable bonds is 5. The Labute approximate surface area is 224 Å². The maximum absolute atomic E-state index is 14.1. The summed E-state index contributed by atoms with van der Waals surface area (Å²) in [5, 5.41) is 9.21. The van der Waals surface area contributed by atoms with Gasteiger partial charge in [0.2, 0.25) is 0 Å². The third-order valence-electron chi connectivity index (χ3n) is 9.76. The van der Waals surface area contributed by atoms with E-state index in [1.165, 1.54) is 44.1 Å². The number of hydrogen-bond acceptors (Lipinski definition) is 3. The third kappa shape index (κ3) is 3.86. The van der Waals surface area contributed by atoms with Crippen LogP contribution in [-0.4, -0.2) is 26.7 Å². The van der Waals surface area contributed by atoms with E-state index in [1.807, 2.05) is 48.0 Å². The summed E-state index contributed by atoms with van der Waals surface area (Å²) < 4.78 is 1.88. The van der Waals surface area contributed by atoms with Crippen LogP contribution in [0.2, 0.25) is 0 Å². The molecule has 4 bridgehead atoms. The summed E-state index contributed by atoms with van der Waals surface area (Å²) in [4.78, 5) is 19.2. The lowest BCUT2D eigenvalue weighted by atomic mass is 9.48. The van der Waals surface area contributed by atoms with Crippen LogP contribution in [0.3, 0.4) is 0 Å². The minimum atomic E-state index is -0.00983. The zero-order valence-corrected chi connectivity index (χ0v) is 22.6. The van der Waals surface area contributed by atoms with E-state index in [0.717, 1.165) is 51.4 Å². The van der Waals surface area contributed by atoms with Crippen LogP contribution in [0.15, 0.2) is 60.7 Å². The van der Waals surface area contributed by atoms with Gasteiger partial charge in [-0.2, -0.15) is 5.10 Å². The number of benzene rings is 2. The molecule has 2 aromatic heterocycles. The van der Waals surface area contributed by atoms with Gasteiger partial charge in [-0.15, -0.1) is 0 Å². The third-order valence-corrected chi connectivity index (χ3v) is 9.76. The molecule has 2 heterocycles. The standard InChI is InChI=1S/C33H36N4O/c1-20-9-11-27(12-10-20)37-31-30(21(2)36-37)28(16-29(35-31)26-7-5-4-6-8-26)32(38)34-22(3)33-17-23-13-24(18-33)15-25(14-23)19-33/h4-12,16,22-25H,13-15,17-19H2,1-3H3,(H,34,38)/t22-,23?,24?,25?,33?/m1/s1. The highest BCUT2D eigenvalue weighted by Crippen LogP contribution is 2.61. The molecule has 4 aliphatic rings. The van der Waals surface area contributed by atoms with Gasteiger partial charge in [-0.05, 0) is 101 Å². The first kappa shape index (κ1) is 23.6. The monoisotopic (exact) mass is 504 g/mol. The van der Waals surface area contributed by atoms with Crippen LogP contribution in [0.4, 0.5) is 0 Å². The molecule has 4 saturated carbocycles. The lowest BCUT2D eigenvalue weighted by Crippen LogP contribution is -2.55. The minimum Gasteiger partial charge on any atom is -0.349 e. The van der Waals surface area contributed by atoms with E-state index in [-0.39, 0.29) is 17.4 Å². The molecule has 2 aromatic carbocycles. The highest BCUT2D eigenvalue weighted by Gasteiger charge is 2.53. The fraction of sp³-hybridized carbons (Fsp3) is 0.424. The van der Waals surface area contributed by atoms with E-state index in [2.05, 4.69) is 43.4 Å². The normalized spacial score (nSPS) is 26.6. The van der Waals surface area contributed by atoms with Crippen molar-refractivity contribution in [1.82, 2.24) is 20.1 Å². The molecule has 4 aliphatic carbocycles. The fourth-order valence-electron chi connectivity index (χ4n) is 8.23. The summed E-state index contributed by atoms with van der Waals surface area (Å²) in [6.45, 7) is 6.32. The van der Waals surface area contributed by atoms with E-state index in [0.29, 0.717) is 5.56 Å². The first-order valence-corrected chi connectivity index (χ1v) is 14.2. The molecule has 1 N–H and O–H groups in total. The number of carbonyl (C=O) groups excluding carboxylic acids is 1. The highest BCUT2D eigenvalue weighted by atomic mass is 16.1. The maximum atomic E-state index is 14.1. The van der Waals surface area contributed by atoms with Crippen LogP contribution in [0.5, 0.6) is 0 Å². The summed E-state index contributed by atoms with van der Waals surface area (Å²) in [6, 6.07) is 20.5. The van der Waals surface area contributed by atoms with Crippen LogP contribution in [0, 0.1) is 37.0 Å². The zero-order chi connectivity index (χ0) is 26.0. The molecule has 4 aromatic rings. The first-order chi connectivity index (χ1) is 18.4. The Morgan fingerprint density at radius 1 is 0.947 bits per heavy atom. The second-order valence-corrected chi connectivity index (χ2v) is 12.4. The molecule has 194 valence electrons. The van der Waals surface area contributed by atoms with Gasteiger partial charge in [0.05, 0.1) is 28.0 Å². The van der Waals surface area contributed by atoms with Gasteiger partial charge < -0.3 is 5.32 Å². The van der Waals surface area contributed by atoms with Gasteiger partial charge in [0.1, 0.15) is 0 Å². The minimum absolute atomic E-state index is 0.00983. The number of aryl methyl sites for hydroxylation is 2. The molecule has 1 atom stereocenters. The Kier molecular flexibility index (Phi) is 5.47. The average Bonchev–Trinajstić information content (AvgIpc) is 3.24. The topological polar surface area (TPSA) is 59.8 Å². The molecule has 0 aliphatic heterocycles. The van der Waals surface area contributed by atoms with Crippen molar-refractivity contribution in [3.05, 3.63) is 77.5 Å². The van der Waals surface area contributed by atoms with Gasteiger partial charge in [-0.1, -0.05) is 48.0 Å². The molecule has 1 amide bonds. The average molecular weight is 505 g/mol. The smallest absolute Gasteiger partial charge is 0.252 e. The van der Waals surface area contributed by atoms with Crippen LogP contribution in [0.25, 0.3) is 28.0 Å². The summed E-state index contributed by atoms with van der Waals surface area (Å²) in [7, 11) is 0. The van der Waals surface area contributed by atoms with Crippen LogP contribution >= 0.6 is 0 Å². The molecule has 0 radical (unpaired) electrons. The van der Waals surface area contributed by atoms with Crippen molar-refractivity contribution in [2.24, 2.45) is 23.2 Å². The predicted octanol–water partition coefficient (Wildman–Crippen LogP) is 7.04. The largest absolute Gasteiger partial charge is 0.349 e. The lowest BCUT2D eigenvalue weighted by Gasteiger charge is -2.59. The van der Waals surface area contributed by atoms with E-state index >= 15 is 0 Å². The van der Waals surface area contributed by atoms with Crippen molar-refractivity contribution in [3.8, 4) is 16.9 Å². The number of pyridine rings is 1. The Hall–Kier alpha value is -3.47. The molecule has 0 saturated heterocycles. The van der Waals surface area contributed by atoms with Crippen LogP contribution in [0.1, 0.15) is 67.1 Å². The van der Waals surface area contributed by atoms with Gasteiger partial charge in [-0.25, -0.2) is 9.67 Å². The maximum Gasteiger partial charge on any atom is 0.252 e. The Morgan fingerprint density at radius 2 is 1.58 bits per heavy atom. The van der Waals surface area contributed by atoms with Crippen LogP contribution in [-0.2, 0) is 0 Å². The number of hydrogen-bond donors (Lipinski definition) is 1. The zero-order valence-electron chi connectivity index (χ0n) is 22.6. The number of carbonyl (C=O) groups is 1. The van der Waals surface area contributed by atoms with Gasteiger partial charge in [-0.3, -0.25) is 4.79 Å². The molecule has 0 unspecified atom stereocenters. The van der Waals surface area contributed by atoms with Crippen LogP contribution < -0.4 is 5.32 Å². The second kappa shape index (κ2) is 8.79. The summed E-state index contributed by atoms with van der Waals surface area (Å²) in [5.41, 5.74) is 6.38. The predicted molar refractivity (Wildman–Crippen MR) is 151 cm³/mol. The summed E-state index contributed by atoms with van der Waals surface area (Å²) in [5.74, 6) is 2.55. The van der Waals surface area contributed by atoms with E-state index in [9.17, 15) is 4.79 Å². The molecule has 5 heteroatoms. The number of nitrogens with one attached hydrogen (secondary N) is 1. The Balaban J connectivity index is 1.31. The fourth-order valence-corrected chi connectivity index (χ4v) is 8.23. The molecule has 8 rings (SSSR count). The van der Waals surface area contributed by atoms with E-state index in [4.69, 9.17) is 10.1 Å². The molecule has 0 spiro atoms. The van der Waals surface area contributed by atoms with Crippen molar-refractivity contribution >= 4 is 16.9 Å². The quantitative estimate of drug-likeness (QED) is 0.317. The first-order valence-electron chi connectivity index (χ1n) is 14.2. The van der Waals surface area contributed by atoms with Gasteiger partial charge in [0.15, 0.2) is 5.65 Å². The molecule has 5 nitrogen and oxygen atoms in total. The molecular formula is C33H36N4O. The van der Waals surface area contributed by atoms with Crippen molar-refractivity contribution in [1.29, 1.82) is 0 Å². The van der Waals surface area contributed by atoms with E-state index in [1.54, 1.807) is 0 Å². The van der Waals surface area contributed by atoms with Gasteiger partial charge >= 0.3 is 0 Å². The van der Waals surface area contributed by atoms with Crippen molar-refractivity contribution in [3.63, 3.8) is 0 Å². The number of aromatic nitrogens is 3. The van der Waals surface area contributed by atoms with Gasteiger partial charge in [0.25, 0.3) is 5.91 Å². The number of amides is 1. The number of fused-ring (bicyclic) bond motifs is 1. The molecule has 4 fully saturated rings. The molecular weight excluding hydrogens is 468 g/mol. The lowest BCUT2D eigenvalue weighted by molar-refractivity contribution is -0.0687. The van der Waals surface area contributed by atoms with Crippen molar-refractivity contribution in [2.45, 2.75) is 65.3 Å². The SMILES string of the molecule is Cc1ccc(-n2nc(C)c3c(C(=O)N[C@H](C)C45CC6CC(CC(C6)C4)C5)cc(-c4ccccc4)nc32)cc1. The summed E-state index contributed by atoms with van der Waals surface area (Å²) >= 11 is 0. The van der Waals surface area contributed by atoms with Crippen molar-refractivity contribution < 1.29 is 4.79 Å². The van der Waals surface area contributed by atoms with Gasteiger partial charge in [0, 0.05) is 11.6 Å². The molecule has 38 heavy (non-hydrogen) atoms. The van der Waals surface area contributed by atoms with Crippen molar-refractivity contribution in [2.75, 3.05) is 0 Å². The number of nitrogens with zero attached hydrogens (tertiary/aromatic N) is 3.